The van der Waals surface area contributed by atoms with Crippen molar-refractivity contribution in [3.63, 3.8) is 0 Å². The molecule has 1 heterocycles. The standard InChI is InChI=1S/C21H26N2O4/c1-5-7-18-16(21(26)27-6-2)12-17(20(25)23-18)19(24)22-15-10-8-14(9-11-15)13(3)4/h8-13H,5-7H2,1-4H3,(H,22,24)(H,23,25). The molecule has 0 aliphatic rings. The number of carbonyl (C=O) groups excluding carboxylic acids is 2. The van der Waals surface area contributed by atoms with E-state index in [4.69, 9.17) is 4.74 Å². The molecule has 1 amide bonds. The van der Waals surface area contributed by atoms with Crippen LogP contribution in [0.4, 0.5) is 5.69 Å². The molecule has 2 aromatic rings. The van der Waals surface area contributed by atoms with Crippen LogP contribution in [0.1, 0.15) is 72.0 Å². The Morgan fingerprint density at radius 2 is 1.78 bits per heavy atom. The smallest absolute Gasteiger partial charge is 0.339 e. The maximum atomic E-state index is 12.6. The number of rotatable bonds is 7. The predicted molar refractivity (Wildman–Crippen MR) is 105 cm³/mol. The van der Waals surface area contributed by atoms with Crippen molar-refractivity contribution in [3.05, 3.63) is 63.1 Å². The molecule has 0 bridgehead atoms. The van der Waals surface area contributed by atoms with E-state index in [1.807, 2.05) is 19.1 Å². The van der Waals surface area contributed by atoms with Crippen LogP contribution in [-0.4, -0.2) is 23.5 Å². The van der Waals surface area contributed by atoms with Crippen molar-refractivity contribution in [1.29, 1.82) is 0 Å². The molecule has 144 valence electrons. The Balaban J connectivity index is 2.33. The number of aromatic amines is 1. The Morgan fingerprint density at radius 1 is 1.11 bits per heavy atom. The number of esters is 1. The third-order valence-corrected chi connectivity index (χ3v) is 4.20. The van der Waals surface area contributed by atoms with E-state index in [1.165, 1.54) is 6.07 Å². The first kappa shape index (κ1) is 20.4. The molecule has 6 nitrogen and oxygen atoms in total. The topological polar surface area (TPSA) is 88.3 Å². The van der Waals surface area contributed by atoms with Crippen LogP contribution in [0.3, 0.4) is 0 Å². The molecule has 6 heteroatoms. The van der Waals surface area contributed by atoms with Gasteiger partial charge < -0.3 is 15.0 Å². The van der Waals surface area contributed by atoms with Crippen LogP contribution in [0.5, 0.6) is 0 Å². The highest BCUT2D eigenvalue weighted by Gasteiger charge is 2.19. The van der Waals surface area contributed by atoms with Gasteiger partial charge in [0, 0.05) is 11.4 Å². The molecule has 0 aliphatic carbocycles. The SMILES string of the molecule is CCCc1[nH]c(=O)c(C(=O)Nc2ccc(C(C)C)cc2)cc1C(=O)OCC. The van der Waals surface area contributed by atoms with E-state index in [-0.39, 0.29) is 17.7 Å². The van der Waals surface area contributed by atoms with Gasteiger partial charge in [0.2, 0.25) is 0 Å². The van der Waals surface area contributed by atoms with Gasteiger partial charge in [-0.3, -0.25) is 9.59 Å². The fourth-order valence-electron chi connectivity index (χ4n) is 2.73. The Hall–Kier alpha value is -2.89. The van der Waals surface area contributed by atoms with E-state index >= 15 is 0 Å². The van der Waals surface area contributed by atoms with E-state index in [0.717, 1.165) is 12.0 Å². The van der Waals surface area contributed by atoms with Crippen LogP contribution in [0, 0.1) is 0 Å². The Bertz CT molecular complexity index is 867. The van der Waals surface area contributed by atoms with Crippen LogP contribution < -0.4 is 10.9 Å². The predicted octanol–water partition coefficient (Wildman–Crippen LogP) is 3.88. The van der Waals surface area contributed by atoms with Crippen LogP contribution in [0.25, 0.3) is 0 Å². The molecule has 0 aliphatic heterocycles. The summed E-state index contributed by atoms with van der Waals surface area (Å²) in [5.41, 5.74) is 1.80. The molecule has 0 saturated heterocycles. The number of anilines is 1. The number of ether oxygens (including phenoxy) is 1. The second-order valence-corrected chi connectivity index (χ2v) is 6.61. The lowest BCUT2D eigenvalue weighted by atomic mass is 10.0. The third-order valence-electron chi connectivity index (χ3n) is 4.20. The van der Waals surface area contributed by atoms with Crippen molar-refractivity contribution < 1.29 is 14.3 Å². The molecular weight excluding hydrogens is 344 g/mol. The molecule has 1 aromatic heterocycles. The summed E-state index contributed by atoms with van der Waals surface area (Å²) in [6, 6.07) is 8.76. The van der Waals surface area contributed by atoms with Gasteiger partial charge in [0.05, 0.1) is 12.2 Å². The summed E-state index contributed by atoms with van der Waals surface area (Å²) in [6.07, 6.45) is 1.26. The van der Waals surface area contributed by atoms with Crippen molar-refractivity contribution in [2.24, 2.45) is 0 Å². The van der Waals surface area contributed by atoms with Crippen LogP contribution in [0.2, 0.25) is 0 Å². The Morgan fingerprint density at radius 3 is 2.33 bits per heavy atom. The van der Waals surface area contributed by atoms with Crippen LogP contribution in [-0.2, 0) is 11.2 Å². The average molecular weight is 370 g/mol. The molecule has 2 rings (SSSR count). The van der Waals surface area contributed by atoms with E-state index < -0.39 is 17.4 Å². The maximum absolute atomic E-state index is 12.6. The largest absolute Gasteiger partial charge is 0.462 e. The Labute approximate surface area is 159 Å². The normalized spacial score (nSPS) is 10.7. The number of nitrogens with one attached hydrogen (secondary N) is 2. The summed E-state index contributed by atoms with van der Waals surface area (Å²) < 4.78 is 5.05. The summed E-state index contributed by atoms with van der Waals surface area (Å²) >= 11 is 0. The first-order valence-electron chi connectivity index (χ1n) is 9.22. The summed E-state index contributed by atoms with van der Waals surface area (Å²) in [4.78, 5) is 39.8. The van der Waals surface area contributed by atoms with Crippen molar-refractivity contribution in [1.82, 2.24) is 4.98 Å². The highest BCUT2D eigenvalue weighted by Crippen LogP contribution is 2.18. The van der Waals surface area contributed by atoms with Gasteiger partial charge in [-0.15, -0.1) is 0 Å². The molecule has 0 saturated carbocycles. The molecule has 0 fully saturated rings. The highest BCUT2D eigenvalue weighted by molar-refractivity contribution is 6.05. The number of hydrogen-bond acceptors (Lipinski definition) is 4. The molecule has 2 N–H and O–H groups in total. The van der Waals surface area contributed by atoms with Crippen molar-refractivity contribution in [3.8, 4) is 0 Å². The lowest BCUT2D eigenvalue weighted by molar-refractivity contribution is 0.0524. The molecule has 0 radical (unpaired) electrons. The first-order valence-corrected chi connectivity index (χ1v) is 9.22. The minimum Gasteiger partial charge on any atom is -0.462 e. The zero-order valence-corrected chi connectivity index (χ0v) is 16.2. The van der Waals surface area contributed by atoms with Crippen LogP contribution >= 0.6 is 0 Å². The molecule has 0 atom stereocenters. The number of aromatic nitrogens is 1. The van der Waals surface area contributed by atoms with E-state index in [9.17, 15) is 14.4 Å². The van der Waals surface area contributed by atoms with Gasteiger partial charge >= 0.3 is 5.97 Å². The van der Waals surface area contributed by atoms with Crippen LogP contribution in [0.15, 0.2) is 35.1 Å². The second-order valence-electron chi connectivity index (χ2n) is 6.61. The van der Waals surface area contributed by atoms with Crippen molar-refractivity contribution in [2.45, 2.75) is 46.5 Å². The van der Waals surface area contributed by atoms with Gasteiger partial charge in [0.25, 0.3) is 11.5 Å². The molecular formula is C21H26N2O4. The summed E-state index contributed by atoms with van der Waals surface area (Å²) in [5.74, 6) is -0.731. The minimum absolute atomic E-state index is 0.120. The first-order chi connectivity index (χ1) is 12.9. The van der Waals surface area contributed by atoms with E-state index in [2.05, 4.69) is 24.1 Å². The van der Waals surface area contributed by atoms with Gasteiger partial charge in [-0.2, -0.15) is 0 Å². The number of amides is 1. The molecule has 27 heavy (non-hydrogen) atoms. The van der Waals surface area contributed by atoms with Crippen molar-refractivity contribution in [2.75, 3.05) is 11.9 Å². The monoisotopic (exact) mass is 370 g/mol. The lowest BCUT2D eigenvalue weighted by Gasteiger charge is -2.11. The van der Waals surface area contributed by atoms with Gasteiger partial charge in [0.15, 0.2) is 0 Å². The molecule has 1 aromatic carbocycles. The van der Waals surface area contributed by atoms with E-state index in [0.29, 0.717) is 23.7 Å². The number of aryl methyl sites for hydroxylation is 1. The lowest BCUT2D eigenvalue weighted by Crippen LogP contribution is -2.26. The van der Waals surface area contributed by atoms with Gasteiger partial charge in [-0.1, -0.05) is 39.3 Å². The minimum atomic E-state index is -0.567. The van der Waals surface area contributed by atoms with Crippen molar-refractivity contribution >= 4 is 17.6 Å². The quantitative estimate of drug-likeness (QED) is 0.724. The van der Waals surface area contributed by atoms with Gasteiger partial charge in [-0.05, 0) is 43.0 Å². The Kier molecular flexibility index (Phi) is 6.93. The van der Waals surface area contributed by atoms with E-state index in [1.54, 1.807) is 19.1 Å². The summed E-state index contributed by atoms with van der Waals surface area (Å²) in [7, 11) is 0. The van der Waals surface area contributed by atoms with Gasteiger partial charge in [-0.25, -0.2) is 4.79 Å². The number of hydrogen-bond donors (Lipinski definition) is 2. The molecule has 0 unspecified atom stereocenters. The maximum Gasteiger partial charge on any atom is 0.339 e. The third kappa shape index (κ3) is 5.06. The highest BCUT2D eigenvalue weighted by atomic mass is 16.5. The fraction of sp³-hybridized carbons (Fsp3) is 0.381. The number of pyridine rings is 1. The number of H-pyrrole nitrogens is 1. The zero-order chi connectivity index (χ0) is 20.0. The molecule has 0 spiro atoms. The number of carbonyl (C=O) groups is 2. The fourth-order valence-corrected chi connectivity index (χ4v) is 2.73. The summed E-state index contributed by atoms with van der Waals surface area (Å²) in [5, 5.41) is 2.70. The average Bonchev–Trinajstić information content (AvgIpc) is 2.62. The summed E-state index contributed by atoms with van der Waals surface area (Å²) in [6.45, 7) is 8.03. The van der Waals surface area contributed by atoms with Gasteiger partial charge in [0.1, 0.15) is 5.56 Å². The zero-order valence-electron chi connectivity index (χ0n) is 16.2. The number of benzene rings is 1. The second kappa shape index (κ2) is 9.16.